The lowest BCUT2D eigenvalue weighted by atomic mass is 10.0. The molecular formula is C37H42ClN5O8S. The van der Waals surface area contributed by atoms with E-state index in [1.807, 2.05) is 12.1 Å². The number of rotatable bonds is 15. The number of likely N-dealkylation sites (tertiary alicyclic amines) is 1. The van der Waals surface area contributed by atoms with Crippen molar-refractivity contribution in [1.82, 2.24) is 19.5 Å². The van der Waals surface area contributed by atoms with Gasteiger partial charge < -0.3 is 29.8 Å². The number of amides is 2. The first-order valence-corrected chi connectivity index (χ1v) is 19.2. The number of carbonyl (C=O) groups is 3. The van der Waals surface area contributed by atoms with Crippen molar-refractivity contribution in [3.05, 3.63) is 94.8 Å². The molecule has 15 heteroatoms. The van der Waals surface area contributed by atoms with Crippen LogP contribution in [-0.2, 0) is 42.1 Å². The monoisotopic (exact) mass is 751 g/mol. The van der Waals surface area contributed by atoms with Crippen molar-refractivity contribution in [3.63, 3.8) is 0 Å². The number of hydrogen-bond donors (Lipinski definition) is 2. The van der Waals surface area contributed by atoms with Gasteiger partial charge in [0.2, 0.25) is 27.6 Å². The molecule has 1 aromatic heterocycles. The highest BCUT2D eigenvalue weighted by molar-refractivity contribution is 7.89. The predicted octanol–water partition coefficient (Wildman–Crippen LogP) is 3.73. The largest absolute Gasteiger partial charge is 0.434 e. The average molecular weight is 752 g/mol. The van der Waals surface area contributed by atoms with Crippen LogP contribution in [0.4, 0.5) is 0 Å². The Balaban J connectivity index is 1.18. The summed E-state index contributed by atoms with van der Waals surface area (Å²) < 4.78 is 44.8. The number of unbranched alkanes of at least 4 members (excludes halogenated alkanes) is 1. The fraction of sp³-hybridized carbons (Fsp3) is 0.405. The molecule has 0 spiro atoms. The summed E-state index contributed by atoms with van der Waals surface area (Å²) in [5.74, 6) is -1.42. The molecule has 3 N–H and O–H groups in total. The number of sulfonamides is 1. The zero-order valence-corrected chi connectivity index (χ0v) is 30.2. The molecule has 0 bridgehead atoms. The fourth-order valence-corrected chi connectivity index (χ4v) is 7.92. The number of ketones is 1. The minimum Gasteiger partial charge on any atom is -0.434 e. The second-order valence-electron chi connectivity index (χ2n) is 12.9. The quantitative estimate of drug-likeness (QED) is 0.135. The zero-order chi connectivity index (χ0) is 36.7. The lowest BCUT2D eigenvalue weighted by molar-refractivity contribution is -0.138. The number of fused-ring (bicyclic) bond motifs is 1. The van der Waals surface area contributed by atoms with Gasteiger partial charge in [-0.3, -0.25) is 14.4 Å². The van der Waals surface area contributed by atoms with Gasteiger partial charge in [0.1, 0.15) is 11.6 Å². The van der Waals surface area contributed by atoms with Crippen molar-refractivity contribution in [3.8, 4) is 0 Å². The molecule has 4 aromatic rings. The van der Waals surface area contributed by atoms with E-state index in [-0.39, 0.29) is 55.8 Å². The minimum atomic E-state index is -3.70. The highest BCUT2D eigenvalue weighted by atomic mass is 35.5. The number of nitrogens with zero attached hydrogens (tertiary/aromatic N) is 3. The average Bonchev–Trinajstić information content (AvgIpc) is 3.80. The Morgan fingerprint density at radius 3 is 2.40 bits per heavy atom. The van der Waals surface area contributed by atoms with Gasteiger partial charge in [-0.25, -0.2) is 13.4 Å². The van der Waals surface area contributed by atoms with Crippen molar-refractivity contribution >= 4 is 50.3 Å². The Labute approximate surface area is 307 Å². The van der Waals surface area contributed by atoms with E-state index >= 15 is 0 Å². The number of nitrogens with two attached hydrogens (primary N) is 1. The van der Waals surface area contributed by atoms with Gasteiger partial charge in [-0.1, -0.05) is 48.0 Å². The lowest BCUT2D eigenvalue weighted by Gasteiger charge is -2.26. The molecule has 52 heavy (non-hydrogen) atoms. The number of ether oxygens (including phenoxy) is 2. The smallest absolute Gasteiger partial charge is 0.266 e. The Kier molecular flexibility index (Phi) is 12.4. The Hall–Kier alpha value is -4.18. The van der Waals surface area contributed by atoms with E-state index in [4.69, 9.17) is 31.2 Å². The Morgan fingerprint density at radius 2 is 1.69 bits per heavy atom. The molecule has 6 rings (SSSR count). The van der Waals surface area contributed by atoms with Crippen LogP contribution in [0.3, 0.4) is 0 Å². The molecule has 0 aliphatic carbocycles. The number of para-hydroxylation sites is 2. The first kappa shape index (κ1) is 37.6. The predicted molar refractivity (Wildman–Crippen MR) is 193 cm³/mol. The van der Waals surface area contributed by atoms with Crippen LogP contribution in [0.25, 0.3) is 11.1 Å². The SMILES string of the molecule is NCCCC[C@H](NC(=O)[C@@H]1C[C@@H](OCc2ccc(Cl)cc2)CN1C(=O)Cc1ccc(S(=O)(=O)N2CCOCC2)cc1)C(=O)c1nc2ccccc2o1. The molecule has 2 aliphatic rings. The summed E-state index contributed by atoms with van der Waals surface area (Å²) in [6.45, 7) is 2.03. The van der Waals surface area contributed by atoms with Gasteiger partial charge >= 0.3 is 0 Å². The number of halogens is 1. The maximum Gasteiger partial charge on any atom is 0.266 e. The van der Waals surface area contributed by atoms with Crippen LogP contribution in [0.5, 0.6) is 0 Å². The normalized spacial score (nSPS) is 18.8. The van der Waals surface area contributed by atoms with Crippen LogP contribution >= 0.6 is 11.6 Å². The molecule has 2 aliphatic heterocycles. The summed E-state index contributed by atoms with van der Waals surface area (Å²) >= 11 is 6.04. The standard InChI is InChI=1S/C37H42ClN5O8S/c38-27-12-8-26(9-13-27)24-50-28-22-32(36(46)40-31(6-3-4-16-39)35(45)37-41-30-5-1-2-7-33(30)51-37)43(23-28)34(44)21-25-10-14-29(15-11-25)52(47,48)42-17-19-49-20-18-42/h1-2,5,7-15,28,31-32H,3-4,6,16-24,39H2,(H,40,46)/t28-,31+,32+/m1/s1. The van der Waals surface area contributed by atoms with Gasteiger partial charge in [0, 0.05) is 31.1 Å². The number of benzene rings is 3. The van der Waals surface area contributed by atoms with E-state index in [1.165, 1.54) is 21.3 Å². The third kappa shape index (κ3) is 9.06. The lowest BCUT2D eigenvalue weighted by Crippen LogP contribution is -2.51. The summed E-state index contributed by atoms with van der Waals surface area (Å²) in [6.07, 6.45) is 1.18. The van der Waals surface area contributed by atoms with E-state index in [0.29, 0.717) is 60.7 Å². The zero-order valence-electron chi connectivity index (χ0n) is 28.6. The molecule has 0 saturated carbocycles. The van der Waals surface area contributed by atoms with Crippen LogP contribution in [-0.4, -0.2) is 97.8 Å². The molecule has 3 atom stereocenters. The van der Waals surface area contributed by atoms with E-state index in [1.54, 1.807) is 48.5 Å². The number of carbonyl (C=O) groups excluding carboxylic acids is 3. The Bertz CT molecular complexity index is 1930. The van der Waals surface area contributed by atoms with Gasteiger partial charge in [0.15, 0.2) is 5.58 Å². The van der Waals surface area contributed by atoms with Crippen LogP contribution in [0.2, 0.25) is 5.02 Å². The minimum absolute atomic E-state index is 0.0761. The van der Waals surface area contributed by atoms with Crippen LogP contribution in [0, 0.1) is 0 Å². The summed E-state index contributed by atoms with van der Waals surface area (Å²) in [4.78, 5) is 47.6. The maximum absolute atomic E-state index is 14.0. The second-order valence-corrected chi connectivity index (χ2v) is 15.3. The third-order valence-electron chi connectivity index (χ3n) is 9.26. The van der Waals surface area contributed by atoms with Gasteiger partial charge in [-0.2, -0.15) is 4.31 Å². The number of Topliss-reactive ketones (excluding diaryl/α,β-unsaturated/α-hetero) is 1. The van der Waals surface area contributed by atoms with E-state index < -0.39 is 39.9 Å². The first-order valence-electron chi connectivity index (χ1n) is 17.3. The van der Waals surface area contributed by atoms with Crippen molar-refractivity contribution in [2.24, 2.45) is 5.73 Å². The number of aromatic nitrogens is 1. The highest BCUT2D eigenvalue weighted by Crippen LogP contribution is 2.26. The molecule has 2 fully saturated rings. The third-order valence-corrected chi connectivity index (χ3v) is 11.4. The summed E-state index contributed by atoms with van der Waals surface area (Å²) in [6, 6.07) is 18.5. The molecule has 3 heterocycles. The molecule has 276 valence electrons. The van der Waals surface area contributed by atoms with E-state index in [2.05, 4.69) is 10.3 Å². The maximum atomic E-state index is 14.0. The van der Waals surface area contributed by atoms with Crippen molar-refractivity contribution in [2.45, 2.75) is 61.8 Å². The van der Waals surface area contributed by atoms with Crippen LogP contribution < -0.4 is 11.1 Å². The highest BCUT2D eigenvalue weighted by Gasteiger charge is 2.41. The van der Waals surface area contributed by atoms with Gasteiger partial charge in [0.25, 0.3) is 5.89 Å². The molecular weight excluding hydrogens is 710 g/mol. The molecule has 0 unspecified atom stereocenters. The van der Waals surface area contributed by atoms with Crippen LogP contribution in [0.15, 0.2) is 82.1 Å². The summed E-state index contributed by atoms with van der Waals surface area (Å²) in [7, 11) is -3.70. The van der Waals surface area contributed by atoms with Crippen LogP contribution in [0.1, 0.15) is 47.5 Å². The fourth-order valence-electron chi connectivity index (χ4n) is 6.38. The number of hydrogen-bond acceptors (Lipinski definition) is 10. The Morgan fingerprint density at radius 1 is 0.981 bits per heavy atom. The van der Waals surface area contributed by atoms with E-state index in [0.717, 1.165) is 5.56 Å². The van der Waals surface area contributed by atoms with Crippen molar-refractivity contribution in [2.75, 3.05) is 39.4 Å². The molecule has 2 amide bonds. The van der Waals surface area contributed by atoms with Crippen molar-refractivity contribution < 1.29 is 36.7 Å². The van der Waals surface area contributed by atoms with Gasteiger partial charge in [-0.05, 0) is 73.3 Å². The number of oxazole rings is 1. The molecule has 2 saturated heterocycles. The summed E-state index contributed by atoms with van der Waals surface area (Å²) in [5, 5.41) is 3.49. The molecule has 3 aromatic carbocycles. The topological polar surface area (TPSA) is 174 Å². The number of morpholine rings is 1. The summed E-state index contributed by atoms with van der Waals surface area (Å²) in [5.41, 5.74) is 8.17. The van der Waals surface area contributed by atoms with Gasteiger partial charge in [-0.15, -0.1) is 0 Å². The second kappa shape index (κ2) is 17.1. The van der Waals surface area contributed by atoms with E-state index in [9.17, 15) is 22.8 Å². The van der Waals surface area contributed by atoms with Crippen molar-refractivity contribution in [1.29, 1.82) is 0 Å². The molecule has 0 radical (unpaired) electrons. The number of nitrogens with one attached hydrogen (secondary N) is 1. The first-order chi connectivity index (χ1) is 25.1. The molecule has 13 nitrogen and oxygen atoms in total. The van der Waals surface area contributed by atoms with Gasteiger partial charge in [0.05, 0.1) is 43.3 Å².